The smallest absolute Gasteiger partial charge is 0.341 e. The minimum atomic E-state index is -0.459. The fraction of sp³-hybridized carbons (Fsp3) is 0.450. The molecule has 9 heteroatoms. The first-order chi connectivity index (χ1) is 13.9. The van der Waals surface area contributed by atoms with Crippen LogP contribution >= 0.6 is 22.7 Å². The summed E-state index contributed by atoms with van der Waals surface area (Å²) in [6.45, 7) is 6.79. The number of anilines is 1. The number of ether oxygens (including phenoxy) is 2. The Hall–Kier alpha value is -2.23. The Kier molecular flexibility index (Phi) is 8.81. The van der Waals surface area contributed by atoms with Gasteiger partial charge in [0.1, 0.15) is 10.6 Å². The van der Waals surface area contributed by atoms with Crippen molar-refractivity contribution in [3.05, 3.63) is 28.5 Å². The van der Waals surface area contributed by atoms with E-state index in [4.69, 9.17) is 9.47 Å². The van der Waals surface area contributed by atoms with Crippen molar-refractivity contribution in [3.63, 3.8) is 0 Å². The predicted octanol–water partition coefficient (Wildman–Crippen LogP) is 3.72. The van der Waals surface area contributed by atoms with Crippen LogP contribution in [0, 0.1) is 5.92 Å². The first-order valence-corrected chi connectivity index (χ1v) is 11.1. The van der Waals surface area contributed by atoms with Gasteiger partial charge in [-0.3, -0.25) is 14.5 Å². The summed E-state index contributed by atoms with van der Waals surface area (Å²) < 4.78 is 9.95. The van der Waals surface area contributed by atoms with Crippen LogP contribution in [0.4, 0.5) is 5.00 Å². The number of esters is 2. The van der Waals surface area contributed by atoms with Gasteiger partial charge in [0, 0.05) is 22.4 Å². The summed E-state index contributed by atoms with van der Waals surface area (Å²) in [4.78, 5) is 39.6. The molecular formula is C20H26N2O5S2. The molecule has 0 aliphatic rings. The Labute approximate surface area is 178 Å². The normalized spacial score (nSPS) is 11.9. The third-order valence-corrected chi connectivity index (χ3v) is 6.06. The Morgan fingerprint density at radius 2 is 2.00 bits per heavy atom. The van der Waals surface area contributed by atoms with E-state index in [9.17, 15) is 14.4 Å². The van der Waals surface area contributed by atoms with Gasteiger partial charge in [-0.15, -0.1) is 22.7 Å². The third-order valence-electron chi connectivity index (χ3n) is 4.26. The summed E-state index contributed by atoms with van der Waals surface area (Å²) in [6.07, 6.45) is 0. The molecule has 0 saturated heterocycles. The molecule has 0 saturated carbocycles. The zero-order valence-corrected chi connectivity index (χ0v) is 18.7. The van der Waals surface area contributed by atoms with Crippen LogP contribution in [0.1, 0.15) is 31.1 Å². The maximum Gasteiger partial charge on any atom is 0.341 e. The van der Waals surface area contributed by atoms with E-state index in [1.54, 1.807) is 13.8 Å². The molecule has 0 radical (unpaired) electrons. The largest absolute Gasteiger partial charge is 0.469 e. The van der Waals surface area contributed by atoms with E-state index in [2.05, 4.69) is 5.32 Å². The molecule has 0 fully saturated rings. The van der Waals surface area contributed by atoms with Gasteiger partial charge in [-0.1, -0.05) is 19.9 Å². The minimum absolute atomic E-state index is 0.104. The van der Waals surface area contributed by atoms with E-state index in [-0.39, 0.29) is 30.9 Å². The third kappa shape index (κ3) is 6.12. The molecule has 0 aliphatic carbocycles. The molecular weight excluding hydrogens is 412 g/mol. The van der Waals surface area contributed by atoms with Crippen LogP contribution in [0.25, 0.3) is 10.4 Å². The van der Waals surface area contributed by atoms with Crippen molar-refractivity contribution >= 4 is 45.5 Å². The number of likely N-dealkylation sites (N-methyl/N-ethyl adjacent to an activating group) is 1. The van der Waals surface area contributed by atoms with Crippen LogP contribution in [0.2, 0.25) is 0 Å². The summed E-state index contributed by atoms with van der Waals surface area (Å²) in [5.41, 5.74) is 1.13. The number of nitrogens with zero attached hydrogens (tertiary/aromatic N) is 1. The zero-order chi connectivity index (χ0) is 21.4. The Morgan fingerprint density at radius 1 is 1.24 bits per heavy atom. The topological polar surface area (TPSA) is 84.9 Å². The molecule has 2 aromatic rings. The molecule has 0 aliphatic heterocycles. The van der Waals surface area contributed by atoms with E-state index in [1.165, 1.54) is 29.8 Å². The number of carbonyl (C=O) groups excluding carboxylic acids is 3. The van der Waals surface area contributed by atoms with Crippen LogP contribution in [0.3, 0.4) is 0 Å². The molecule has 0 spiro atoms. The molecule has 0 aromatic carbocycles. The average Bonchev–Trinajstić information content (AvgIpc) is 3.36. The number of amides is 1. The average molecular weight is 439 g/mol. The van der Waals surface area contributed by atoms with Crippen molar-refractivity contribution in [2.45, 2.75) is 20.8 Å². The van der Waals surface area contributed by atoms with E-state index in [0.29, 0.717) is 23.7 Å². The lowest BCUT2D eigenvalue weighted by Gasteiger charge is -2.22. The monoisotopic (exact) mass is 438 g/mol. The SMILES string of the molecule is CCOC(=O)c1c(-c2cccs2)csc1NC(=O)CN(CC)CC(C)C(=O)OC. The zero-order valence-electron chi connectivity index (χ0n) is 17.0. The van der Waals surface area contributed by atoms with E-state index < -0.39 is 5.97 Å². The molecule has 1 N–H and O–H groups in total. The van der Waals surface area contributed by atoms with Crippen LogP contribution in [0.5, 0.6) is 0 Å². The second kappa shape index (κ2) is 11.1. The van der Waals surface area contributed by atoms with Gasteiger partial charge in [0.05, 0.1) is 26.2 Å². The van der Waals surface area contributed by atoms with Gasteiger partial charge >= 0.3 is 11.9 Å². The minimum Gasteiger partial charge on any atom is -0.469 e. The van der Waals surface area contributed by atoms with Gasteiger partial charge in [0.2, 0.25) is 5.91 Å². The highest BCUT2D eigenvalue weighted by Gasteiger charge is 2.24. The second-order valence-corrected chi connectivity index (χ2v) is 8.18. The van der Waals surface area contributed by atoms with Crippen molar-refractivity contribution < 1.29 is 23.9 Å². The predicted molar refractivity (Wildman–Crippen MR) is 116 cm³/mol. The number of nitrogens with one attached hydrogen (secondary N) is 1. The molecule has 0 bridgehead atoms. The lowest BCUT2D eigenvalue weighted by Crippen LogP contribution is -2.38. The maximum atomic E-state index is 12.6. The van der Waals surface area contributed by atoms with Crippen molar-refractivity contribution in [3.8, 4) is 10.4 Å². The lowest BCUT2D eigenvalue weighted by molar-refractivity contribution is -0.145. The van der Waals surface area contributed by atoms with Crippen LogP contribution < -0.4 is 5.32 Å². The van der Waals surface area contributed by atoms with E-state index in [1.807, 2.05) is 34.7 Å². The van der Waals surface area contributed by atoms with Crippen molar-refractivity contribution in [2.24, 2.45) is 5.92 Å². The molecule has 2 rings (SSSR count). The van der Waals surface area contributed by atoms with E-state index in [0.717, 1.165) is 10.4 Å². The fourth-order valence-electron chi connectivity index (χ4n) is 2.81. The molecule has 1 unspecified atom stereocenters. The maximum absolute atomic E-state index is 12.6. The molecule has 1 atom stereocenters. The number of hydrogen-bond acceptors (Lipinski definition) is 8. The number of thiophene rings is 2. The Bertz CT molecular complexity index is 832. The summed E-state index contributed by atoms with van der Waals surface area (Å²) in [5, 5.41) is 7.09. The molecule has 158 valence electrons. The highest BCUT2D eigenvalue weighted by Crippen LogP contribution is 2.38. The van der Waals surface area contributed by atoms with E-state index >= 15 is 0 Å². The van der Waals surface area contributed by atoms with Gasteiger partial charge in [-0.25, -0.2) is 4.79 Å². The molecule has 1 amide bonds. The Morgan fingerprint density at radius 3 is 2.59 bits per heavy atom. The second-order valence-electron chi connectivity index (χ2n) is 6.35. The molecule has 2 aromatic heterocycles. The highest BCUT2D eigenvalue weighted by atomic mass is 32.1. The summed E-state index contributed by atoms with van der Waals surface area (Å²) in [7, 11) is 1.35. The molecule has 7 nitrogen and oxygen atoms in total. The van der Waals surface area contributed by atoms with Crippen LogP contribution in [-0.2, 0) is 19.1 Å². The summed E-state index contributed by atoms with van der Waals surface area (Å²) in [5.74, 6) is -1.37. The number of methoxy groups -OCH3 is 1. The van der Waals surface area contributed by atoms with Gasteiger partial charge in [-0.05, 0) is 24.9 Å². The number of hydrogen-bond donors (Lipinski definition) is 1. The van der Waals surface area contributed by atoms with Gasteiger partial charge in [0.15, 0.2) is 0 Å². The number of rotatable bonds is 10. The van der Waals surface area contributed by atoms with Crippen LogP contribution in [0.15, 0.2) is 22.9 Å². The first kappa shape index (κ1) is 23.1. The van der Waals surface area contributed by atoms with Crippen molar-refractivity contribution in [2.75, 3.05) is 38.7 Å². The van der Waals surface area contributed by atoms with Gasteiger partial charge < -0.3 is 14.8 Å². The fourth-order valence-corrected chi connectivity index (χ4v) is 4.59. The summed E-state index contributed by atoms with van der Waals surface area (Å²) in [6, 6.07) is 3.83. The van der Waals surface area contributed by atoms with Crippen molar-refractivity contribution in [1.82, 2.24) is 4.90 Å². The van der Waals surface area contributed by atoms with Crippen LogP contribution in [-0.4, -0.2) is 56.1 Å². The number of carbonyl (C=O) groups is 3. The van der Waals surface area contributed by atoms with Gasteiger partial charge in [-0.2, -0.15) is 0 Å². The standard InChI is InChI=1S/C20H26N2O5S2/c1-5-22(10-13(3)19(24)26-4)11-16(23)21-18-17(20(25)27-6-2)14(12-29-18)15-8-7-9-28-15/h7-9,12-13H,5-6,10-11H2,1-4H3,(H,21,23). The van der Waals surface area contributed by atoms with Crippen molar-refractivity contribution in [1.29, 1.82) is 0 Å². The molecule has 2 heterocycles. The quantitative estimate of drug-likeness (QED) is 0.569. The summed E-state index contributed by atoms with van der Waals surface area (Å²) >= 11 is 2.81. The highest BCUT2D eigenvalue weighted by molar-refractivity contribution is 7.17. The molecule has 29 heavy (non-hydrogen) atoms. The van der Waals surface area contributed by atoms with Gasteiger partial charge in [0.25, 0.3) is 0 Å². The lowest BCUT2D eigenvalue weighted by atomic mass is 10.1. The Balaban J connectivity index is 2.15. The first-order valence-electron chi connectivity index (χ1n) is 9.33.